The summed E-state index contributed by atoms with van der Waals surface area (Å²) in [4.78, 5) is 11.6. The van der Waals surface area contributed by atoms with Gasteiger partial charge in [-0.2, -0.15) is 0 Å². The van der Waals surface area contributed by atoms with Crippen molar-refractivity contribution in [3.8, 4) is 0 Å². The Bertz CT molecular complexity index is 266. The molecule has 0 aromatic rings. The largest absolute Gasteiger partial charge is 0.413 e. The molecule has 0 saturated heterocycles. The first kappa shape index (κ1) is 13.9. The maximum atomic E-state index is 11.6. The third-order valence-electron chi connectivity index (χ3n) is 3.96. The number of carbonyl (C=O) groups excluding carboxylic acids is 1. The molecule has 0 unspecified atom stereocenters. The van der Waals surface area contributed by atoms with Gasteiger partial charge in [-0.1, -0.05) is 27.7 Å². The van der Waals surface area contributed by atoms with Crippen molar-refractivity contribution in [2.45, 2.75) is 71.2 Å². The molecule has 0 amide bonds. The normalized spacial score (nSPS) is 28.2. The summed E-state index contributed by atoms with van der Waals surface area (Å²) in [6, 6.07) is 0. The first-order chi connectivity index (χ1) is 7.12. The van der Waals surface area contributed by atoms with Crippen LogP contribution < -0.4 is 0 Å². The lowest BCUT2D eigenvalue weighted by Crippen LogP contribution is -2.45. The summed E-state index contributed by atoms with van der Waals surface area (Å²) in [5.41, 5.74) is 0. The summed E-state index contributed by atoms with van der Waals surface area (Å²) >= 11 is 0. The van der Waals surface area contributed by atoms with Crippen molar-refractivity contribution in [3.63, 3.8) is 0 Å². The van der Waals surface area contributed by atoms with Gasteiger partial charge >= 0.3 is 0 Å². The molecule has 1 fully saturated rings. The van der Waals surface area contributed by atoms with E-state index in [4.69, 9.17) is 4.43 Å². The number of ketones is 1. The molecule has 3 heteroatoms. The van der Waals surface area contributed by atoms with Gasteiger partial charge in [0.2, 0.25) is 0 Å². The van der Waals surface area contributed by atoms with Crippen molar-refractivity contribution < 1.29 is 9.22 Å². The van der Waals surface area contributed by atoms with E-state index in [1.165, 1.54) is 0 Å². The SMILES string of the molecule is C[C@@H]1CC(=O)C[C@@H](O[Si](C)(C)C(C)(C)C)C1. The molecule has 0 aromatic heterocycles. The van der Waals surface area contributed by atoms with Gasteiger partial charge in [-0.15, -0.1) is 0 Å². The second kappa shape index (κ2) is 4.61. The van der Waals surface area contributed by atoms with E-state index in [0.29, 0.717) is 18.1 Å². The minimum Gasteiger partial charge on any atom is -0.413 e. The highest BCUT2D eigenvalue weighted by molar-refractivity contribution is 6.74. The highest BCUT2D eigenvalue weighted by Crippen LogP contribution is 2.39. The van der Waals surface area contributed by atoms with Crippen LogP contribution in [0.15, 0.2) is 0 Å². The van der Waals surface area contributed by atoms with Crippen LogP contribution in [0.4, 0.5) is 0 Å². The Balaban J connectivity index is 2.63. The van der Waals surface area contributed by atoms with E-state index >= 15 is 0 Å². The highest BCUT2D eigenvalue weighted by Gasteiger charge is 2.40. The van der Waals surface area contributed by atoms with Crippen LogP contribution in [0.25, 0.3) is 0 Å². The zero-order chi connectivity index (χ0) is 12.6. The van der Waals surface area contributed by atoms with Crippen molar-refractivity contribution in [1.29, 1.82) is 0 Å². The van der Waals surface area contributed by atoms with E-state index in [1.54, 1.807) is 0 Å². The average Bonchev–Trinajstić information content (AvgIpc) is 1.97. The molecule has 0 bridgehead atoms. The Hall–Kier alpha value is -0.153. The predicted octanol–water partition coefficient (Wildman–Crippen LogP) is 3.77. The van der Waals surface area contributed by atoms with Gasteiger partial charge in [-0.05, 0) is 30.5 Å². The number of carbonyl (C=O) groups is 1. The summed E-state index contributed by atoms with van der Waals surface area (Å²) < 4.78 is 6.30. The van der Waals surface area contributed by atoms with Crippen molar-refractivity contribution in [2.24, 2.45) is 5.92 Å². The van der Waals surface area contributed by atoms with Gasteiger partial charge in [0.15, 0.2) is 8.32 Å². The standard InChI is InChI=1S/C13H26O2Si/c1-10-7-11(14)9-12(8-10)15-16(5,6)13(2,3)4/h10,12H,7-9H2,1-6H3/t10-,12+/m1/s1. The predicted molar refractivity (Wildman–Crippen MR) is 70.1 cm³/mol. The number of rotatable bonds is 2. The third kappa shape index (κ3) is 3.42. The summed E-state index contributed by atoms with van der Waals surface area (Å²) in [5, 5.41) is 0.233. The molecule has 0 N–H and O–H groups in total. The third-order valence-corrected chi connectivity index (χ3v) is 8.50. The van der Waals surface area contributed by atoms with E-state index < -0.39 is 8.32 Å². The summed E-state index contributed by atoms with van der Waals surface area (Å²) in [5.74, 6) is 0.874. The Morgan fingerprint density at radius 3 is 2.25 bits per heavy atom. The molecular formula is C13H26O2Si. The van der Waals surface area contributed by atoms with Gasteiger partial charge < -0.3 is 4.43 Å². The zero-order valence-electron chi connectivity index (χ0n) is 11.6. The Kier molecular flexibility index (Phi) is 4.01. The Morgan fingerprint density at radius 1 is 1.25 bits per heavy atom. The molecule has 0 radical (unpaired) electrons. The van der Waals surface area contributed by atoms with E-state index in [0.717, 1.165) is 12.8 Å². The molecule has 0 aliphatic heterocycles. The molecule has 0 heterocycles. The van der Waals surface area contributed by atoms with Gasteiger partial charge in [-0.3, -0.25) is 4.79 Å². The fourth-order valence-corrected chi connectivity index (χ4v) is 3.39. The summed E-state index contributed by atoms with van der Waals surface area (Å²) in [7, 11) is -1.70. The summed E-state index contributed by atoms with van der Waals surface area (Å²) in [6.45, 7) is 13.4. The van der Waals surface area contributed by atoms with Crippen LogP contribution in [-0.2, 0) is 9.22 Å². The second-order valence-corrected chi connectivity index (χ2v) is 11.5. The Morgan fingerprint density at radius 2 is 1.81 bits per heavy atom. The summed E-state index contributed by atoms with van der Waals surface area (Å²) in [6.07, 6.45) is 2.61. The molecule has 1 saturated carbocycles. The fraction of sp³-hybridized carbons (Fsp3) is 0.923. The molecule has 0 aromatic carbocycles. The van der Waals surface area contributed by atoms with Crippen molar-refractivity contribution in [3.05, 3.63) is 0 Å². The van der Waals surface area contributed by atoms with Crippen molar-refractivity contribution >= 4 is 14.1 Å². The van der Waals surface area contributed by atoms with Gasteiger partial charge in [0.1, 0.15) is 5.78 Å². The second-order valence-electron chi connectivity index (χ2n) is 6.79. The lowest BCUT2D eigenvalue weighted by molar-refractivity contribution is -0.124. The molecule has 16 heavy (non-hydrogen) atoms. The topological polar surface area (TPSA) is 26.3 Å². The van der Waals surface area contributed by atoms with E-state index in [2.05, 4.69) is 40.8 Å². The van der Waals surface area contributed by atoms with Gasteiger partial charge in [0, 0.05) is 12.8 Å². The number of Topliss-reactive ketones (excluding diaryl/α,β-unsaturated/α-hetero) is 1. The van der Waals surface area contributed by atoms with Crippen LogP contribution in [0, 0.1) is 5.92 Å². The molecule has 0 spiro atoms. The molecule has 2 atom stereocenters. The van der Waals surface area contributed by atoms with Crippen LogP contribution in [0.1, 0.15) is 47.0 Å². The lowest BCUT2D eigenvalue weighted by atomic mass is 9.88. The maximum Gasteiger partial charge on any atom is 0.192 e. The number of hydrogen-bond donors (Lipinski definition) is 0. The van der Waals surface area contributed by atoms with Crippen LogP contribution in [0.3, 0.4) is 0 Å². The van der Waals surface area contributed by atoms with Crippen LogP contribution in [-0.4, -0.2) is 20.2 Å². The molecule has 1 rings (SSSR count). The first-order valence-electron chi connectivity index (χ1n) is 6.31. The molecular weight excluding hydrogens is 216 g/mol. The maximum absolute atomic E-state index is 11.6. The van der Waals surface area contributed by atoms with Crippen LogP contribution in [0.2, 0.25) is 18.1 Å². The minimum atomic E-state index is -1.70. The van der Waals surface area contributed by atoms with Crippen molar-refractivity contribution in [1.82, 2.24) is 0 Å². The Labute approximate surface area is 101 Å². The molecule has 94 valence electrons. The molecule has 2 nitrogen and oxygen atoms in total. The van der Waals surface area contributed by atoms with E-state index in [-0.39, 0.29) is 11.1 Å². The first-order valence-corrected chi connectivity index (χ1v) is 9.22. The monoisotopic (exact) mass is 242 g/mol. The molecule has 1 aliphatic rings. The van der Waals surface area contributed by atoms with Gasteiger partial charge in [-0.25, -0.2) is 0 Å². The van der Waals surface area contributed by atoms with Gasteiger partial charge in [0.05, 0.1) is 6.10 Å². The highest BCUT2D eigenvalue weighted by atomic mass is 28.4. The molecule has 1 aliphatic carbocycles. The lowest BCUT2D eigenvalue weighted by Gasteiger charge is -2.40. The minimum absolute atomic E-state index is 0.178. The quantitative estimate of drug-likeness (QED) is 0.689. The van der Waals surface area contributed by atoms with E-state index in [1.807, 2.05) is 0 Å². The van der Waals surface area contributed by atoms with Crippen LogP contribution >= 0.6 is 0 Å². The smallest absolute Gasteiger partial charge is 0.192 e. The van der Waals surface area contributed by atoms with Gasteiger partial charge in [0.25, 0.3) is 0 Å². The van der Waals surface area contributed by atoms with Crippen molar-refractivity contribution in [2.75, 3.05) is 0 Å². The average molecular weight is 242 g/mol. The zero-order valence-corrected chi connectivity index (χ0v) is 12.6. The van der Waals surface area contributed by atoms with E-state index in [9.17, 15) is 4.79 Å². The van der Waals surface area contributed by atoms with Crippen LogP contribution in [0.5, 0.6) is 0 Å². The fourth-order valence-electron chi connectivity index (χ4n) is 2.02. The number of hydrogen-bond acceptors (Lipinski definition) is 2.